The van der Waals surface area contributed by atoms with Crippen molar-refractivity contribution in [3.63, 3.8) is 0 Å². The number of aromatic nitrogens is 1. The molecule has 1 aromatic heterocycles. The predicted octanol–water partition coefficient (Wildman–Crippen LogP) is 4.59. The highest BCUT2D eigenvalue weighted by atomic mass is 35.5. The third-order valence-corrected chi connectivity index (χ3v) is 3.87. The number of halogens is 2. The first-order valence-electron chi connectivity index (χ1n) is 7.41. The number of pyridine rings is 1. The van der Waals surface area contributed by atoms with Gasteiger partial charge in [-0.3, -0.25) is 4.79 Å². The van der Waals surface area contributed by atoms with Crippen molar-refractivity contribution < 1.29 is 9.36 Å². The van der Waals surface area contributed by atoms with Gasteiger partial charge in [0.2, 0.25) is 6.54 Å². The second-order valence-corrected chi connectivity index (χ2v) is 6.21. The van der Waals surface area contributed by atoms with Crippen LogP contribution in [0.4, 0.5) is 5.69 Å². The van der Waals surface area contributed by atoms with E-state index in [1.54, 1.807) is 18.2 Å². The van der Waals surface area contributed by atoms with E-state index >= 15 is 0 Å². The Morgan fingerprint density at radius 1 is 0.917 bits per heavy atom. The van der Waals surface area contributed by atoms with Crippen LogP contribution < -0.4 is 9.88 Å². The van der Waals surface area contributed by atoms with Crippen LogP contribution in [-0.2, 0) is 11.3 Å². The Morgan fingerprint density at radius 2 is 1.58 bits per heavy atom. The molecule has 0 saturated heterocycles. The third kappa shape index (κ3) is 4.34. The summed E-state index contributed by atoms with van der Waals surface area (Å²) in [6.45, 7) is 0.199. The largest absolute Gasteiger partial charge is 0.320 e. The Balaban J connectivity index is 1.73. The fraction of sp³-hybridized carbons (Fsp3) is 0.0526. The average molecular weight is 358 g/mol. The molecule has 0 spiro atoms. The minimum atomic E-state index is -0.149. The van der Waals surface area contributed by atoms with Gasteiger partial charge < -0.3 is 5.32 Å². The second-order valence-electron chi connectivity index (χ2n) is 5.34. The molecule has 0 atom stereocenters. The van der Waals surface area contributed by atoms with E-state index < -0.39 is 0 Å². The van der Waals surface area contributed by atoms with Gasteiger partial charge in [-0.2, -0.15) is 4.57 Å². The maximum absolute atomic E-state index is 12.2. The van der Waals surface area contributed by atoms with Crippen LogP contribution in [0.3, 0.4) is 0 Å². The number of nitrogens with zero attached hydrogens (tertiary/aromatic N) is 1. The van der Waals surface area contributed by atoms with Crippen molar-refractivity contribution in [2.45, 2.75) is 6.54 Å². The molecule has 0 aliphatic heterocycles. The van der Waals surface area contributed by atoms with Crippen molar-refractivity contribution in [1.82, 2.24) is 0 Å². The monoisotopic (exact) mass is 357 g/mol. The number of benzene rings is 2. The molecule has 1 amide bonds. The van der Waals surface area contributed by atoms with E-state index in [0.717, 1.165) is 11.1 Å². The first kappa shape index (κ1) is 16.5. The molecule has 5 heteroatoms. The number of anilines is 1. The smallest absolute Gasteiger partial charge is 0.290 e. The lowest BCUT2D eigenvalue weighted by Gasteiger charge is -2.05. The summed E-state index contributed by atoms with van der Waals surface area (Å²) >= 11 is 11.9. The van der Waals surface area contributed by atoms with Crippen molar-refractivity contribution in [3.8, 4) is 11.1 Å². The van der Waals surface area contributed by atoms with Gasteiger partial charge in [-0.1, -0.05) is 53.5 Å². The Kier molecular flexibility index (Phi) is 5.14. The van der Waals surface area contributed by atoms with Gasteiger partial charge in [0, 0.05) is 27.4 Å². The lowest BCUT2D eigenvalue weighted by molar-refractivity contribution is -0.683. The number of rotatable bonds is 4. The Bertz CT molecular complexity index is 846. The zero-order valence-corrected chi connectivity index (χ0v) is 14.3. The van der Waals surface area contributed by atoms with Crippen LogP contribution in [0.5, 0.6) is 0 Å². The third-order valence-electron chi connectivity index (χ3n) is 3.44. The first-order valence-corrected chi connectivity index (χ1v) is 8.16. The van der Waals surface area contributed by atoms with Crippen molar-refractivity contribution in [2.75, 3.05) is 5.32 Å². The van der Waals surface area contributed by atoms with E-state index in [2.05, 4.69) is 5.32 Å². The number of carbonyl (C=O) groups is 1. The van der Waals surface area contributed by atoms with E-state index in [-0.39, 0.29) is 12.5 Å². The highest BCUT2D eigenvalue weighted by Gasteiger charge is 2.11. The molecule has 3 rings (SSSR count). The molecule has 1 heterocycles. The minimum Gasteiger partial charge on any atom is -0.320 e. The summed E-state index contributed by atoms with van der Waals surface area (Å²) < 4.78 is 1.84. The summed E-state index contributed by atoms with van der Waals surface area (Å²) in [4.78, 5) is 12.2. The fourth-order valence-electron chi connectivity index (χ4n) is 2.41. The summed E-state index contributed by atoms with van der Waals surface area (Å²) in [7, 11) is 0. The number of carbonyl (C=O) groups excluding carboxylic acids is 1. The minimum absolute atomic E-state index is 0.149. The summed E-state index contributed by atoms with van der Waals surface area (Å²) in [5, 5.41) is 3.77. The average Bonchev–Trinajstić information content (AvgIpc) is 2.55. The number of hydrogen-bond acceptors (Lipinski definition) is 1. The SMILES string of the molecule is O=C(C[n+]1cccc(-c2ccccc2)c1)Nc1cc(Cl)cc(Cl)c1. The maximum atomic E-state index is 12.2. The number of hydrogen-bond donors (Lipinski definition) is 1. The second kappa shape index (κ2) is 7.47. The van der Waals surface area contributed by atoms with Gasteiger partial charge in [0.25, 0.3) is 5.91 Å². The van der Waals surface area contributed by atoms with Crippen LogP contribution in [0.1, 0.15) is 0 Å². The molecule has 0 fully saturated rings. The van der Waals surface area contributed by atoms with Crippen molar-refractivity contribution in [3.05, 3.63) is 83.1 Å². The number of nitrogens with one attached hydrogen (secondary N) is 1. The van der Waals surface area contributed by atoms with E-state index in [9.17, 15) is 4.79 Å². The van der Waals surface area contributed by atoms with Crippen LogP contribution in [0, 0.1) is 0 Å². The highest BCUT2D eigenvalue weighted by molar-refractivity contribution is 6.35. The van der Waals surface area contributed by atoms with E-state index in [0.29, 0.717) is 15.7 Å². The molecule has 24 heavy (non-hydrogen) atoms. The highest BCUT2D eigenvalue weighted by Crippen LogP contribution is 2.22. The fourth-order valence-corrected chi connectivity index (χ4v) is 2.94. The normalized spacial score (nSPS) is 10.4. The van der Waals surface area contributed by atoms with Gasteiger partial charge >= 0.3 is 0 Å². The molecule has 0 saturated carbocycles. The molecule has 3 aromatic rings. The molecule has 1 N–H and O–H groups in total. The van der Waals surface area contributed by atoms with Gasteiger partial charge in [0.05, 0.1) is 0 Å². The lowest BCUT2D eigenvalue weighted by Crippen LogP contribution is -2.39. The first-order chi connectivity index (χ1) is 11.6. The van der Waals surface area contributed by atoms with E-state index in [1.165, 1.54) is 0 Å². The molecule has 0 bridgehead atoms. The van der Waals surface area contributed by atoms with Crippen LogP contribution >= 0.6 is 23.2 Å². The van der Waals surface area contributed by atoms with Crippen molar-refractivity contribution in [2.24, 2.45) is 0 Å². The van der Waals surface area contributed by atoms with Gasteiger partial charge in [-0.25, -0.2) is 0 Å². The molecule has 0 radical (unpaired) electrons. The van der Waals surface area contributed by atoms with E-state index in [4.69, 9.17) is 23.2 Å². The number of amides is 1. The van der Waals surface area contributed by atoms with E-state index in [1.807, 2.05) is 59.4 Å². The van der Waals surface area contributed by atoms with Gasteiger partial charge in [0.15, 0.2) is 12.4 Å². The standard InChI is InChI=1S/C19H14Cl2N2O/c20-16-9-17(21)11-18(10-16)22-19(24)13-23-8-4-7-15(12-23)14-5-2-1-3-6-14/h1-12H,13H2/p+1. The molecular formula is C19H15Cl2N2O+. The topological polar surface area (TPSA) is 33.0 Å². The van der Waals surface area contributed by atoms with Crippen LogP contribution in [-0.4, -0.2) is 5.91 Å². The maximum Gasteiger partial charge on any atom is 0.290 e. The molecule has 0 aliphatic rings. The zero-order chi connectivity index (χ0) is 16.9. The van der Waals surface area contributed by atoms with Gasteiger partial charge in [-0.05, 0) is 29.8 Å². The van der Waals surface area contributed by atoms with Crippen LogP contribution in [0.25, 0.3) is 11.1 Å². The molecule has 120 valence electrons. The summed E-state index contributed by atoms with van der Waals surface area (Å²) in [5.74, 6) is -0.149. The van der Waals surface area contributed by atoms with Gasteiger partial charge in [-0.15, -0.1) is 0 Å². The zero-order valence-electron chi connectivity index (χ0n) is 12.7. The molecule has 3 nitrogen and oxygen atoms in total. The summed E-state index contributed by atoms with van der Waals surface area (Å²) in [6.07, 6.45) is 3.80. The Labute approximate surface area is 150 Å². The lowest BCUT2D eigenvalue weighted by atomic mass is 10.1. The van der Waals surface area contributed by atoms with Crippen LogP contribution in [0.2, 0.25) is 10.0 Å². The Hall–Kier alpha value is -2.36. The molecule has 2 aromatic carbocycles. The molecular weight excluding hydrogens is 343 g/mol. The predicted molar refractivity (Wildman–Crippen MR) is 97.2 cm³/mol. The van der Waals surface area contributed by atoms with Crippen molar-refractivity contribution >= 4 is 34.8 Å². The Morgan fingerprint density at radius 3 is 2.29 bits per heavy atom. The van der Waals surface area contributed by atoms with Crippen molar-refractivity contribution in [1.29, 1.82) is 0 Å². The molecule has 0 aliphatic carbocycles. The summed E-state index contributed by atoms with van der Waals surface area (Å²) in [5.41, 5.74) is 2.74. The quantitative estimate of drug-likeness (QED) is 0.680. The summed E-state index contributed by atoms with van der Waals surface area (Å²) in [6, 6.07) is 18.9. The van der Waals surface area contributed by atoms with Crippen LogP contribution in [0.15, 0.2) is 73.1 Å². The molecule has 0 unspecified atom stereocenters. The van der Waals surface area contributed by atoms with Gasteiger partial charge in [0.1, 0.15) is 0 Å².